The van der Waals surface area contributed by atoms with Crippen molar-refractivity contribution in [2.45, 2.75) is 49.6 Å². The molecular weight excluding hydrogens is 522 g/mol. The second-order valence-corrected chi connectivity index (χ2v) is 11.3. The highest BCUT2D eigenvalue weighted by Crippen LogP contribution is 2.32. The number of carbonyl (C=O) groups is 1. The third-order valence-corrected chi connectivity index (χ3v) is 8.45. The van der Waals surface area contributed by atoms with Gasteiger partial charge in [-0.15, -0.1) is 10.2 Å². The van der Waals surface area contributed by atoms with Gasteiger partial charge in [0.2, 0.25) is 11.1 Å². The molecule has 2 aromatic heterocycles. The van der Waals surface area contributed by atoms with Gasteiger partial charge in [-0.2, -0.15) is 0 Å². The van der Waals surface area contributed by atoms with Gasteiger partial charge in [0.15, 0.2) is 11.4 Å². The maximum atomic E-state index is 12.7. The van der Waals surface area contributed by atoms with E-state index < -0.39 is 5.79 Å². The van der Waals surface area contributed by atoms with E-state index in [1.165, 1.54) is 0 Å². The molecular formula is C28H30ClN5O3S. The van der Waals surface area contributed by atoms with Crippen molar-refractivity contribution in [2.75, 3.05) is 32.1 Å². The SMILES string of the molecule is O=C(CCCCSc1nnc2c3ccccc3n(Cc3cccc(Cl)c3)c2n1)N1CCC2(CC1)OCCO2. The summed E-state index contributed by atoms with van der Waals surface area (Å²) in [6.07, 6.45) is 3.82. The molecule has 4 aromatic rings. The average Bonchev–Trinajstić information content (AvgIpc) is 3.51. The lowest BCUT2D eigenvalue weighted by atomic mass is 10.0. The number of ether oxygens (including phenoxy) is 2. The topological polar surface area (TPSA) is 82.4 Å². The van der Waals surface area contributed by atoms with Crippen LogP contribution >= 0.6 is 23.4 Å². The average molecular weight is 552 g/mol. The molecule has 0 bridgehead atoms. The van der Waals surface area contributed by atoms with Crippen molar-refractivity contribution in [3.8, 4) is 0 Å². The first-order chi connectivity index (χ1) is 18.6. The van der Waals surface area contributed by atoms with Crippen LogP contribution in [-0.2, 0) is 20.8 Å². The zero-order valence-corrected chi connectivity index (χ0v) is 22.7. The third kappa shape index (κ3) is 5.38. The van der Waals surface area contributed by atoms with Crippen molar-refractivity contribution in [2.24, 2.45) is 0 Å². The number of fused-ring (bicyclic) bond motifs is 3. The zero-order chi connectivity index (χ0) is 26.0. The molecule has 0 saturated carbocycles. The molecule has 6 rings (SSSR count). The molecule has 2 aromatic carbocycles. The van der Waals surface area contributed by atoms with Gasteiger partial charge in [0, 0.05) is 55.1 Å². The highest BCUT2D eigenvalue weighted by Gasteiger charge is 2.40. The summed E-state index contributed by atoms with van der Waals surface area (Å²) in [6.45, 7) is 3.36. The fraction of sp³-hybridized carbons (Fsp3) is 0.429. The van der Waals surface area contributed by atoms with Crippen LogP contribution in [0.15, 0.2) is 53.7 Å². The zero-order valence-electron chi connectivity index (χ0n) is 21.1. The Morgan fingerprint density at radius 2 is 1.84 bits per heavy atom. The molecule has 1 amide bonds. The van der Waals surface area contributed by atoms with Crippen molar-refractivity contribution >= 4 is 51.3 Å². The van der Waals surface area contributed by atoms with Crippen molar-refractivity contribution < 1.29 is 14.3 Å². The summed E-state index contributed by atoms with van der Waals surface area (Å²) >= 11 is 7.82. The summed E-state index contributed by atoms with van der Waals surface area (Å²) in [5, 5.41) is 11.3. The van der Waals surface area contributed by atoms with E-state index in [0.717, 1.165) is 59.1 Å². The molecule has 2 aliphatic heterocycles. The number of rotatable bonds is 8. The van der Waals surface area contributed by atoms with E-state index >= 15 is 0 Å². The van der Waals surface area contributed by atoms with Crippen LogP contribution < -0.4 is 0 Å². The molecule has 0 N–H and O–H groups in total. The van der Waals surface area contributed by atoms with E-state index in [9.17, 15) is 4.79 Å². The Morgan fingerprint density at radius 3 is 2.66 bits per heavy atom. The van der Waals surface area contributed by atoms with E-state index in [4.69, 9.17) is 26.1 Å². The van der Waals surface area contributed by atoms with Gasteiger partial charge in [-0.05, 0) is 36.6 Å². The van der Waals surface area contributed by atoms with Crippen LogP contribution in [0, 0.1) is 0 Å². The Morgan fingerprint density at radius 1 is 1.03 bits per heavy atom. The van der Waals surface area contributed by atoms with Gasteiger partial charge >= 0.3 is 0 Å². The summed E-state index contributed by atoms with van der Waals surface area (Å²) in [4.78, 5) is 19.5. The van der Waals surface area contributed by atoms with Crippen molar-refractivity contribution in [1.29, 1.82) is 0 Å². The van der Waals surface area contributed by atoms with Gasteiger partial charge < -0.3 is 18.9 Å². The quantitative estimate of drug-likeness (QED) is 0.217. The maximum Gasteiger partial charge on any atom is 0.222 e. The summed E-state index contributed by atoms with van der Waals surface area (Å²) < 4.78 is 13.7. The van der Waals surface area contributed by atoms with Gasteiger partial charge in [-0.25, -0.2) is 4.98 Å². The molecule has 198 valence electrons. The minimum absolute atomic E-state index is 0.215. The van der Waals surface area contributed by atoms with E-state index in [0.29, 0.717) is 49.4 Å². The van der Waals surface area contributed by atoms with E-state index in [-0.39, 0.29) is 5.91 Å². The Labute approximate surface area is 230 Å². The summed E-state index contributed by atoms with van der Waals surface area (Å²) in [7, 11) is 0. The Balaban J connectivity index is 1.06. The molecule has 2 aliphatic rings. The summed E-state index contributed by atoms with van der Waals surface area (Å²) in [5.74, 6) is 0.607. The largest absolute Gasteiger partial charge is 0.347 e. The van der Waals surface area contributed by atoms with Gasteiger partial charge in [0.25, 0.3) is 0 Å². The van der Waals surface area contributed by atoms with Crippen LogP contribution in [0.1, 0.15) is 37.7 Å². The highest BCUT2D eigenvalue weighted by atomic mass is 35.5. The molecule has 1 spiro atoms. The maximum absolute atomic E-state index is 12.7. The lowest BCUT2D eigenvalue weighted by Crippen LogP contribution is -2.47. The Hall–Kier alpha value is -2.72. The number of unbranched alkanes of at least 4 members (excludes halogenated alkanes) is 1. The Bertz CT molecular complexity index is 1450. The molecule has 2 fully saturated rings. The third-order valence-electron chi connectivity index (χ3n) is 7.29. The number of likely N-dealkylation sites (tertiary alicyclic amines) is 1. The lowest BCUT2D eigenvalue weighted by Gasteiger charge is -2.37. The number of thioether (sulfide) groups is 1. The van der Waals surface area contributed by atoms with Crippen LogP contribution in [0.3, 0.4) is 0 Å². The number of hydrogen-bond acceptors (Lipinski definition) is 7. The predicted molar refractivity (Wildman–Crippen MR) is 148 cm³/mol. The minimum atomic E-state index is -0.442. The first-order valence-corrected chi connectivity index (χ1v) is 14.5. The van der Waals surface area contributed by atoms with Crippen molar-refractivity contribution in [1.82, 2.24) is 24.6 Å². The molecule has 10 heteroatoms. The summed E-state index contributed by atoms with van der Waals surface area (Å²) in [6, 6.07) is 16.1. The first-order valence-electron chi connectivity index (χ1n) is 13.1. The molecule has 0 atom stereocenters. The number of aromatic nitrogens is 4. The molecule has 2 saturated heterocycles. The van der Waals surface area contributed by atoms with Crippen LogP contribution in [0.4, 0.5) is 0 Å². The molecule has 0 aliphatic carbocycles. The molecule has 38 heavy (non-hydrogen) atoms. The molecule has 0 radical (unpaired) electrons. The molecule has 8 nitrogen and oxygen atoms in total. The smallest absolute Gasteiger partial charge is 0.222 e. The number of hydrogen-bond donors (Lipinski definition) is 0. The van der Waals surface area contributed by atoms with Crippen LogP contribution in [0.2, 0.25) is 5.02 Å². The number of carbonyl (C=O) groups excluding carboxylic acids is 1. The highest BCUT2D eigenvalue weighted by molar-refractivity contribution is 7.99. The van der Waals surface area contributed by atoms with E-state index in [1.54, 1.807) is 11.8 Å². The monoisotopic (exact) mass is 551 g/mol. The molecule has 0 unspecified atom stereocenters. The number of benzene rings is 2. The van der Waals surface area contributed by atoms with E-state index in [1.807, 2.05) is 35.2 Å². The number of piperidine rings is 1. The normalized spacial score (nSPS) is 17.1. The molecule has 4 heterocycles. The van der Waals surface area contributed by atoms with Gasteiger partial charge in [-0.3, -0.25) is 4.79 Å². The Kier molecular flexibility index (Phi) is 7.52. The number of para-hydroxylation sites is 1. The standard InChI is InChI=1S/C28H30ClN5O3S/c29-21-7-5-6-20(18-21)19-34-23-9-2-1-8-22(23)25-26(34)30-27(32-31-25)38-17-4-3-10-24(35)33-13-11-28(12-14-33)36-15-16-37-28/h1-2,5-9,18H,3-4,10-17,19H2. The van der Waals surface area contributed by atoms with Crippen LogP contribution in [0.5, 0.6) is 0 Å². The van der Waals surface area contributed by atoms with Gasteiger partial charge in [-0.1, -0.05) is 53.7 Å². The minimum Gasteiger partial charge on any atom is -0.347 e. The van der Waals surface area contributed by atoms with Gasteiger partial charge in [0.1, 0.15) is 5.52 Å². The fourth-order valence-electron chi connectivity index (χ4n) is 5.31. The first kappa shape index (κ1) is 25.6. The number of halogens is 1. The van der Waals surface area contributed by atoms with Gasteiger partial charge in [0.05, 0.1) is 18.7 Å². The lowest BCUT2D eigenvalue weighted by molar-refractivity contribution is -0.187. The number of nitrogens with zero attached hydrogens (tertiary/aromatic N) is 5. The van der Waals surface area contributed by atoms with Crippen LogP contribution in [0.25, 0.3) is 22.1 Å². The number of amides is 1. The second kappa shape index (κ2) is 11.2. The van der Waals surface area contributed by atoms with Crippen molar-refractivity contribution in [3.05, 3.63) is 59.1 Å². The second-order valence-electron chi connectivity index (χ2n) is 9.79. The van der Waals surface area contributed by atoms with E-state index in [2.05, 4.69) is 33.0 Å². The summed E-state index contributed by atoms with van der Waals surface area (Å²) in [5.41, 5.74) is 3.79. The van der Waals surface area contributed by atoms with Crippen LogP contribution in [-0.4, -0.2) is 68.4 Å². The van der Waals surface area contributed by atoms with Crippen molar-refractivity contribution in [3.63, 3.8) is 0 Å². The fourth-order valence-corrected chi connectivity index (χ4v) is 6.30. The predicted octanol–water partition coefficient (Wildman–Crippen LogP) is 5.31.